The van der Waals surface area contributed by atoms with Gasteiger partial charge in [-0.2, -0.15) is 0 Å². The lowest BCUT2D eigenvalue weighted by atomic mass is 10.1. The first-order chi connectivity index (χ1) is 16.3. The molecule has 0 spiro atoms. The van der Waals surface area contributed by atoms with Crippen molar-refractivity contribution < 1.29 is 18.7 Å². The average molecular weight is 486 g/mol. The molecule has 34 heavy (non-hydrogen) atoms. The van der Waals surface area contributed by atoms with Gasteiger partial charge in [0.15, 0.2) is 5.13 Å². The minimum Gasteiger partial charge on any atom is -0.491 e. The fourth-order valence-electron chi connectivity index (χ4n) is 3.12. The summed E-state index contributed by atoms with van der Waals surface area (Å²) in [6.07, 6.45) is 1.02. The van der Waals surface area contributed by atoms with E-state index in [2.05, 4.69) is 29.5 Å². The fraction of sp³-hybridized carbons (Fsp3) is 0.385. The quantitative estimate of drug-likeness (QED) is 0.306. The third-order valence-electron chi connectivity index (χ3n) is 4.84. The topological polar surface area (TPSA) is 72.5 Å². The molecule has 2 N–H and O–H groups in total. The molecule has 0 aliphatic carbocycles. The molecule has 1 amide bonds. The minimum atomic E-state index is -0.340. The molecular weight excluding hydrogens is 453 g/mol. The van der Waals surface area contributed by atoms with Crippen molar-refractivity contribution in [1.29, 1.82) is 0 Å². The molecule has 0 radical (unpaired) electrons. The number of carbonyl (C=O) groups excluding carboxylic acids is 1. The summed E-state index contributed by atoms with van der Waals surface area (Å²) in [4.78, 5) is 17.4. The molecule has 8 heteroatoms. The van der Waals surface area contributed by atoms with Gasteiger partial charge < -0.3 is 14.8 Å². The lowest BCUT2D eigenvalue weighted by Crippen LogP contribution is -2.17. The van der Waals surface area contributed by atoms with Crippen molar-refractivity contribution in [1.82, 2.24) is 10.3 Å². The third kappa shape index (κ3) is 8.11. The Labute approximate surface area is 204 Å². The minimum absolute atomic E-state index is 0.0402. The second-order valence-corrected chi connectivity index (χ2v) is 9.56. The number of thiazole rings is 1. The zero-order valence-electron chi connectivity index (χ0n) is 20.1. The molecule has 3 rings (SSSR count). The summed E-state index contributed by atoms with van der Waals surface area (Å²) in [7, 11) is 0. The maximum atomic E-state index is 13.9. The van der Waals surface area contributed by atoms with E-state index in [0.717, 1.165) is 18.7 Å². The van der Waals surface area contributed by atoms with Crippen LogP contribution < -0.4 is 20.1 Å². The lowest BCUT2D eigenvalue weighted by molar-refractivity contribution is 0.102. The Balaban J connectivity index is 1.67. The van der Waals surface area contributed by atoms with Crippen molar-refractivity contribution in [2.75, 3.05) is 11.9 Å². The fourth-order valence-corrected chi connectivity index (χ4v) is 3.83. The molecule has 0 saturated heterocycles. The predicted molar refractivity (Wildman–Crippen MR) is 134 cm³/mol. The Morgan fingerprint density at radius 1 is 1.12 bits per heavy atom. The van der Waals surface area contributed by atoms with Gasteiger partial charge in [0.05, 0.1) is 11.8 Å². The molecule has 0 atom stereocenters. The van der Waals surface area contributed by atoms with Gasteiger partial charge >= 0.3 is 0 Å². The SMILES string of the molecule is CC(C)CCNCc1csc(NC(=O)c2cc(OCc3ccccc3F)cc(OC(C)C)c2)n1. The summed E-state index contributed by atoms with van der Waals surface area (Å²) in [5.41, 5.74) is 1.68. The van der Waals surface area contributed by atoms with Crippen LogP contribution in [0.15, 0.2) is 47.8 Å². The number of anilines is 1. The first-order valence-corrected chi connectivity index (χ1v) is 12.3. The molecule has 1 aromatic heterocycles. The molecule has 1 heterocycles. The van der Waals surface area contributed by atoms with Crippen LogP contribution in [-0.2, 0) is 13.2 Å². The number of halogens is 1. The van der Waals surface area contributed by atoms with Crippen LogP contribution in [-0.4, -0.2) is 23.5 Å². The number of hydrogen-bond acceptors (Lipinski definition) is 6. The van der Waals surface area contributed by atoms with Gasteiger partial charge in [0.25, 0.3) is 5.91 Å². The Morgan fingerprint density at radius 2 is 1.88 bits per heavy atom. The summed E-state index contributed by atoms with van der Waals surface area (Å²) >= 11 is 1.38. The zero-order valence-corrected chi connectivity index (χ0v) is 20.9. The van der Waals surface area contributed by atoms with Crippen LogP contribution in [0.3, 0.4) is 0 Å². The van der Waals surface area contributed by atoms with Crippen molar-refractivity contribution in [3.8, 4) is 11.5 Å². The van der Waals surface area contributed by atoms with Crippen LogP contribution in [0.1, 0.15) is 55.7 Å². The van der Waals surface area contributed by atoms with Crippen molar-refractivity contribution in [2.45, 2.75) is 53.4 Å². The van der Waals surface area contributed by atoms with Gasteiger partial charge in [0.2, 0.25) is 0 Å². The van der Waals surface area contributed by atoms with Crippen molar-refractivity contribution in [2.24, 2.45) is 5.92 Å². The standard InChI is InChI=1S/C26H32FN3O3S/c1-17(2)9-10-28-14-21-16-34-26(29-21)30-25(31)20-11-22(13-23(12-20)33-18(3)4)32-15-19-7-5-6-8-24(19)27/h5-8,11-13,16-18,28H,9-10,14-15H2,1-4H3,(H,29,30,31). The summed E-state index contributed by atoms with van der Waals surface area (Å²) in [5.74, 6) is 0.904. The Morgan fingerprint density at radius 3 is 2.62 bits per heavy atom. The average Bonchev–Trinajstić information content (AvgIpc) is 3.22. The second-order valence-electron chi connectivity index (χ2n) is 8.70. The van der Waals surface area contributed by atoms with Crippen molar-refractivity contribution >= 4 is 22.4 Å². The molecule has 0 bridgehead atoms. The highest BCUT2D eigenvalue weighted by atomic mass is 32.1. The van der Waals surface area contributed by atoms with Gasteiger partial charge in [-0.15, -0.1) is 11.3 Å². The van der Waals surface area contributed by atoms with E-state index in [9.17, 15) is 9.18 Å². The third-order valence-corrected chi connectivity index (χ3v) is 5.65. The van der Waals surface area contributed by atoms with Crippen LogP contribution in [0.5, 0.6) is 11.5 Å². The van der Waals surface area contributed by atoms with E-state index < -0.39 is 0 Å². The number of rotatable bonds is 12. The Kier molecular flexibility index (Phi) is 9.42. The number of carbonyl (C=O) groups is 1. The summed E-state index contributed by atoms with van der Waals surface area (Å²) < 4.78 is 25.5. The Bertz CT molecular complexity index is 1080. The van der Waals surface area contributed by atoms with Crippen LogP contribution in [0, 0.1) is 11.7 Å². The largest absolute Gasteiger partial charge is 0.491 e. The van der Waals surface area contributed by atoms with E-state index in [1.54, 1.807) is 36.4 Å². The van der Waals surface area contributed by atoms with E-state index in [1.807, 2.05) is 19.2 Å². The second kappa shape index (κ2) is 12.5. The molecule has 182 valence electrons. The highest BCUT2D eigenvalue weighted by Gasteiger charge is 2.14. The highest BCUT2D eigenvalue weighted by molar-refractivity contribution is 7.14. The Hall–Kier alpha value is -2.97. The van der Waals surface area contributed by atoms with E-state index in [1.165, 1.54) is 17.4 Å². The van der Waals surface area contributed by atoms with Gasteiger partial charge in [-0.05, 0) is 50.9 Å². The maximum absolute atomic E-state index is 13.9. The van der Waals surface area contributed by atoms with E-state index in [4.69, 9.17) is 9.47 Å². The molecule has 0 unspecified atom stereocenters. The van der Waals surface area contributed by atoms with Gasteiger partial charge in [-0.3, -0.25) is 10.1 Å². The lowest BCUT2D eigenvalue weighted by Gasteiger charge is -2.14. The number of amides is 1. The number of nitrogens with one attached hydrogen (secondary N) is 2. The van der Waals surface area contributed by atoms with Crippen LogP contribution in [0.2, 0.25) is 0 Å². The first-order valence-electron chi connectivity index (χ1n) is 11.4. The molecule has 2 aromatic carbocycles. The molecule has 0 fully saturated rings. The van der Waals surface area contributed by atoms with Crippen LogP contribution in [0.4, 0.5) is 9.52 Å². The molecule has 0 aliphatic rings. The summed E-state index contributed by atoms with van der Waals surface area (Å²) in [6.45, 7) is 9.81. The maximum Gasteiger partial charge on any atom is 0.257 e. The molecular formula is C26H32FN3O3S. The molecule has 0 aliphatic heterocycles. The first kappa shape index (κ1) is 25.6. The molecule has 6 nitrogen and oxygen atoms in total. The monoisotopic (exact) mass is 485 g/mol. The predicted octanol–water partition coefficient (Wildman–Crippen LogP) is 6.04. The number of ether oxygens (including phenoxy) is 2. The van der Waals surface area contributed by atoms with Gasteiger partial charge in [0.1, 0.15) is 23.9 Å². The van der Waals surface area contributed by atoms with Crippen LogP contribution >= 0.6 is 11.3 Å². The number of benzene rings is 2. The number of hydrogen-bond donors (Lipinski definition) is 2. The number of nitrogens with zero attached hydrogens (tertiary/aromatic N) is 1. The normalized spacial score (nSPS) is 11.1. The molecule has 3 aromatic rings. The van der Waals surface area contributed by atoms with Crippen LogP contribution in [0.25, 0.3) is 0 Å². The summed E-state index contributed by atoms with van der Waals surface area (Å²) in [5, 5.41) is 8.67. The van der Waals surface area contributed by atoms with Gasteiger partial charge in [-0.1, -0.05) is 32.0 Å². The molecule has 0 saturated carbocycles. The van der Waals surface area contributed by atoms with E-state index >= 15 is 0 Å². The smallest absolute Gasteiger partial charge is 0.257 e. The zero-order chi connectivity index (χ0) is 24.5. The number of aromatic nitrogens is 1. The van der Waals surface area contributed by atoms with Gasteiger partial charge in [-0.25, -0.2) is 9.37 Å². The van der Waals surface area contributed by atoms with E-state index in [0.29, 0.717) is 40.2 Å². The highest BCUT2D eigenvalue weighted by Crippen LogP contribution is 2.26. The van der Waals surface area contributed by atoms with Gasteiger partial charge in [0, 0.05) is 29.1 Å². The van der Waals surface area contributed by atoms with E-state index in [-0.39, 0.29) is 24.4 Å². The van der Waals surface area contributed by atoms with Crippen molar-refractivity contribution in [3.63, 3.8) is 0 Å². The van der Waals surface area contributed by atoms with Crippen molar-refractivity contribution in [3.05, 3.63) is 70.5 Å². The summed E-state index contributed by atoms with van der Waals surface area (Å²) in [6, 6.07) is 11.4.